The third-order valence-corrected chi connectivity index (χ3v) is 4.55. The summed E-state index contributed by atoms with van der Waals surface area (Å²) in [5.74, 6) is 0.569. The van der Waals surface area contributed by atoms with Crippen LogP contribution in [0.4, 0.5) is 0 Å². The molecule has 0 spiro atoms. The van der Waals surface area contributed by atoms with Crippen LogP contribution >= 0.6 is 0 Å². The fraction of sp³-hybridized carbons (Fsp3) is 0.526. The van der Waals surface area contributed by atoms with Crippen LogP contribution in [0.15, 0.2) is 18.2 Å². The Labute approximate surface area is 128 Å². The average molecular weight is 282 g/mol. The van der Waals surface area contributed by atoms with Gasteiger partial charge in [0.25, 0.3) is 0 Å². The van der Waals surface area contributed by atoms with Gasteiger partial charge in [0.15, 0.2) is 0 Å². The van der Waals surface area contributed by atoms with E-state index in [4.69, 9.17) is 4.98 Å². The van der Waals surface area contributed by atoms with E-state index in [1.165, 1.54) is 52.5 Å². The molecular weight excluding hydrogens is 256 g/mol. The maximum absolute atomic E-state index is 4.92. The number of aryl methyl sites for hydroxylation is 1. The van der Waals surface area contributed by atoms with Crippen LogP contribution < -0.4 is 5.32 Å². The summed E-state index contributed by atoms with van der Waals surface area (Å²) in [5.41, 5.74) is 6.95. The molecule has 0 atom stereocenters. The Kier molecular flexibility index (Phi) is 4.25. The van der Waals surface area contributed by atoms with Crippen LogP contribution in [-0.2, 0) is 19.4 Å². The Bertz CT molecular complexity index is 644. The number of hydrogen-bond acceptors (Lipinski definition) is 2. The van der Waals surface area contributed by atoms with Gasteiger partial charge in [-0.15, -0.1) is 0 Å². The van der Waals surface area contributed by atoms with Crippen LogP contribution in [0.2, 0.25) is 0 Å². The summed E-state index contributed by atoms with van der Waals surface area (Å²) in [6.45, 7) is 8.81. The molecule has 1 heterocycles. The highest BCUT2D eigenvalue weighted by Gasteiger charge is 2.19. The first-order valence-corrected chi connectivity index (χ1v) is 8.35. The molecule has 1 aromatic carbocycles. The van der Waals surface area contributed by atoms with E-state index in [9.17, 15) is 0 Å². The van der Waals surface area contributed by atoms with Gasteiger partial charge in [0.2, 0.25) is 0 Å². The second-order valence-corrected chi connectivity index (χ2v) is 6.48. The van der Waals surface area contributed by atoms with Crippen LogP contribution in [0.1, 0.15) is 61.9 Å². The SMILES string of the molecule is CCCNCc1c2c(nc3ccc(C(C)C)cc13)CCC2. The molecule has 1 aliphatic carbocycles. The summed E-state index contributed by atoms with van der Waals surface area (Å²) < 4.78 is 0. The minimum Gasteiger partial charge on any atom is -0.313 e. The lowest BCUT2D eigenvalue weighted by Gasteiger charge is -2.15. The Morgan fingerprint density at radius 2 is 2.10 bits per heavy atom. The van der Waals surface area contributed by atoms with E-state index in [-0.39, 0.29) is 0 Å². The van der Waals surface area contributed by atoms with Crippen molar-refractivity contribution in [2.45, 2.75) is 58.9 Å². The van der Waals surface area contributed by atoms with Gasteiger partial charge >= 0.3 is 0 Å². The number of nitrogens with zero attached hydrogens (tertiary/aromatic N) is 1. The number of benzene rings is 1. The summed E-state index contributed by atoms with van der Waals surface area (Å²) in [6.07, 6.45) is 4.80. The molecule has 2 aromatic rings. The van der Waals surface area contributed by atoms with E-state index in [0.717, 1.165) is 19.5 Å². The molecule has 1 aliphatic rings. The summed E-state index contributed by atoms with van der Waals surface area (Å²) >= 11 is 0. The number of rotatable bonds is 5. The highest BCUT2D eigenvalue weighted by molar-refractivity contribution is 5.85. The average Bonchev–Trinajstić information content (AvgIpc) is 2.94. The Hall–Kier alpha value is -1.41. The predicted molar refractivity (Wildman–Crippen MR) is 89.9 cm³/mol. The van der Waals surface area contributed by atoms with Crippen molar-refractivity contribution in [3.63, 3.8) is 0 Å². The normalized spacial score (nSPS) is 14.1. The Balaban J connectivity index is 2.11. The Morgan fingerprint density at radius 1 is 1.24 bits per heavy atom. The van der Waals surface area contributed by atoms with E-state index in [1.807, 2.05) is 0 Å². The lowest BCUT2D eigenvalue weighted by atomic mass is 9.96. The van der Waals surface area contributed by atoms with Gasteiger partial charge in [-0.05, 0) is 67.0 Å². The minimum atomic E-state index is 0.569. The predicted octanol–water partition coefficient (Wildman–Crippen LogP) is 4.35. The molecule has 1 aromatic heterocycles. The van der Waals surface area contributed by atoms with Crippen LogP contribution in [0.5, 0.6) is 0 Å². The first-order chi connectivity index (χ1) is 10.2. The van der Waals surface area contributed by atoms with E-state index in [2.05, 4.69) is 44.3 Å². The van der Waals surface area contributed by atoms with Crippen LogP contribution in [0, 0.1) is 0 Å². The van der Waals surface area contributed by atoms with Crippen LogP contribution in [-0.4, -0.2) is 11.5 Å². The molecule has 0 radical (unpaired) electrons. The largest absolute Gasteiger partial charge is 0.313 e. The van der Waals surface area contributed by atoms with Gasteiger partial charge in [0.05, 0.1) is 5.52 Å². The smallest absolute Gasteiger partial charge is 0.0708 e. The topological polar surface area (TPSA) is 24.9 Å². The lowest BCUT2D eigenvalue weighted by molar-refractivity contribution is 0.674. The van der Waals surface area contributed by atoms with E-state index >= 15 is 0 Å². The van der Waals surface area contributed by atoms with E-state index < -0.39 is 0 Å². The summed E-state index contributed by atoms with van der Waals surface area (Å²) in [6, 6.07) is 6.83. The monoisotopic (exact) mass is 282 g/mol. The number of aromatic nitrogens is 1. The van der Waals surface area contributed by atoms with Crippen molar-refractivity contribution in [2.75, 3.05) is 6.54 Å². The third-order valence-electron chi connectivity index (χ3n) is 4.55. The molecule has 1 N–H and O–H groups in total. The summed E-state index contributed by atoms with van der Waals surface area (Å²) in [4.78, 5) is 4.92. The molecule has 0 saturated carbocycles. The van der Waals surface area contributed by atoms with Crippen LogP contribution in [0.25, 0.3) is 10.9 Å². The number of fused-ring (bicyclic) bond motifs is 2. The van der Waals surface area contributed by atoms with Gasteiger partial charge in [-0.25, -0.2) is 0 Å². The maximum atomic E-state index is 4.92. The van der Waals surface area contributed by atoms with E-state index in [0.29, 0.717) is 5.92 Å². The second-order valence-electron chi connectivity index (χ2n) is 6.48. The van der Waals surface area contributed by atoms with Crippen molar-refractivity contribution in [2.24, 2.45) is 0 Å². The fourth-order valence-electron chi connectivity index (χ4n) is 3.33. The molecule has 0 amide bonds. The van der Waals surface area contributed by atoms with Crippen molar-refractivity contribution in [3.8, 4) is 0 Å². The maximum Gasteiger partial charge on any atom is 0.0708 e. The summed E-state index contributed by atoms with van der Waals surface area (Å²) in [7, 11) is 0. The molecule has 3 rings (SSSR count). The highest BCUT2D eigenvalue weighted by atomic mass is 14.8. The highest BCUT2D eigenvalue weighted by Crippen LogP contribution is 2.31. The minimum absolute atomic E-state index is 0.569. The molecule has 0 saturated heterocycles. The van der Waals surface area contributed by atoms with E-state index in [1.54, 1.807) is 0 Å². The van der Waals surface area contributed by atoms with Gasteiger partial charge in [-0.3, -0.25) is 4.98 Å². The zero-order chi connectivity index (χ0) is 14.8. The standard InChI is InChI=1S/C19H26N2/c1-4-10-20-12-17-15-6-5-7-18(15)21-19-9-8-14(13(2)3)11-16(17)19/h8-9,11,13,20H,4-7,10,12H2,1-3H3. The lowest BCUT2D eigenvalue weighted by Crippen LogP contribution is -2.16. The molecule has 21 heavy (non-hydrogen) atoms. The van der Waals surface area contributed by atoms with Gasteiger partial charge in [0.1, 0.15) is 0 Å². The first-order valence-electron chi connectivity index (χ1n) is 8.35. The molecule has 0 bridgehead atoms. The number of pyridine rings is 1. The number of nitrogens with one attached hydrogen (secondary N) is 1. The quantitative estimate of drug-likeness (QED) is 0.825. The van der Waals surface area contributed by atoms with Crippen LogP contribution in [0.3, 0.4) is 0 Å². The zero-order valence-electron chi connectivity index (χ0n) is 13.5. The van der Waals surface area contributed by atoms with Crippen molar-refractivity contribution < 1.29 is 0 Å². The van der Waals surface area contributed by atoms with Gasteiger partial charge in [-0.2, -0.15) is 0 Å². The molecule has 0 unspecified atom stereocenters. The Morgan fingerprint density at radius 3 is 2.86 bits per heavy atom. The van der Waals surface area contributed by atoms with Gasteiger partial charge < -0.3 is 5.32 Å². The van der Waals surface area contributed by atoms with Gasteiger partial charge in [-0.1, -0.05) is 26.8 Å². The number of hydrogen-bond donors (Lipinski definition) is 1. The van der Waals surface area contributed by atoms with Crippen molar-refractivity contribution in [3.05, 3.63) is 40.6 Å². The van der Waals surface area contributed by atoms with Crippen molar-refractivity contribution >= 4 is 10.9 Å². The van der Waals surface area contributed by atoms with Gasteiger partial charge in [0, 0.05) is 17.6 Å². The fourth-order valence-corrected chi connectivity index (χ4v) is 3.33. The first kappa shape index (κ1) is 14.5. The third kappa shape index (κ3) is 2.82. The molecular formula is C19H26N2. The molecule has 0 fully saturated rings. The summed E-state index contributed by atoms with van der Waals surface area (Å²) in [5, 5.41) is 4.96. The zero-order valence-corrected chi connectivity index (χ0v) is 13.5. The van der Waals surface area contributed by atoms with Crippen molar-refractivity contribution in [1.82, 2.24) is 10.3 Å². The second kappa shape index (κ2) is 6.15. The van der Waals surface area contributed by atoms with Crippen molar-refractivity contribution in [1.29, 1.82) is 0 Å². The molecule has 2 heteroatoms. The molecule has 2 nitrogen and oxygen atoms in total. The molecule has 0 aliphatic heterocycles. The molecule has 112 valence electrons.